The van der Waals surface area contributed by atoms with E-state index in [1.165, 1.54) is 23.9 Å². The number of hydrogen-bond acceptors (Lipinski definition) is 4. The summed E-state index contributed by atoms with van der Waals surface area (Å²) in [5.41, 5.74) is 1.64. The number of hydrogen-bond donors (Lipinski definition) is 0. The number of fused-ring (bicyclic) bond motifs is 1. The van der Waals surface area contributed by atoms with Crippen LogP contribution in [0.4, 0.5) is 4.39 Å². The van der Waals surface area contributed by atoms with E-state index in [1.54, 1.807) is 30.3 Å². The molecule has 2 saturated heterocycles. The van der Waals surface area contributed by atoms with Gasteiger partial charge in [0, 0.05) is 16.8 Å². The predicted molar refractivity (Wildman–Crippen MR) is 118 cm³/mol. The standard InChI is InChI=1S/C21H20ClFN2O3S2/c22-17-4-2-1-3-15(17)11-20(26)24-21-25(10-9-14-5-7-16(23)8-6-14)18-12-30(27,28)13-19(18)29-21/h1-8,18-19H,9-13H2/t18-,19-/m0/s1. The summed E-state index contributed by atoms with van der Waals surface area (Å²) in [5.74, 6) is -0.469. The third-order valence-corrected chi connectivity index (χ3v) is 8.87. The van der Waals surface area contributed by atoms with Gasteiger partial charge in [-0.15, -0.1) is 0 Å². The second kappa shape index (κ2) is 8.69. The van der Waals surface area contributed by atoms with E-state index < -0.39 is 9.84 Å². The fourth-order valence-corrected chi connectivity index (χ4v) is 7.95. The van der Waals surface area contributed by atoms with Gasteiger partial charge >= 0.3 is 0 Å². The molecule has 2 aliphatic rings. The van der Waals surface area contributed by atoms with E-state index in [2.05, 4.69) is 4.99 Å². The molecule has 0 radical (unpaired) electrons. The Kier molecular flexibility index (Phi) is 6.18. The molecule has 0 unspecified atom stereocenters. The molecule has 30 heavy (non-hydrogen) atoms. The summed E-state index contributed by atoms with van der Waals surface area (Å²) in [4.78, 5) is 18.8. The van der Waals surface area contributed by atoms with Crippen molar-refractivity contribution >= 4 is 44.3 Å². The van der Waals surface area contributed by atoms with Gasteiger partial charge in [-0.05, 0) is 35.7 Å². The number of carbonyl (C=O) groups excluding carboxylic acids is 1. The maximum Gasteiger partial charge on any atom is 0.252 e. The molecule has 2 heterocycles. The highest BCUT2D eigenvalue weighted by Crippen LogP contribution is 2.38. The van der Waals surface area contributed by atoms with E-state index in [0.717, 1.165) is 5.56 Å². The molecule has 0 aliphatic carbocycles. The van der Waals surface area contributed by atoms with Gasteiger partial charge in [0.05, 0.1) is 24.0 Å². The molecular weight excluding hydrogens is 447 g/mol. The number of carbonyl (C=O) groups is 1. The molecule has 2 fully saturated rings. The summed E-state index contributed by atoms with van der Waals surface area (Å²) in [6, 6.07) is 13.2. The summed E-state index contributed by atoms with van der Waals surface area (Å²) in [6.45, 7) is 0.507. The molecule has 1 amide bonds. The number of nitrogens with zero attached hydrogens (tertiary/aromatic N) is 2. The van der Waals surface area contributed by atoms with Crippen LogP contribution in [-0.2, 0) is 27.5 Å². The lowest BCUT2D eigenvalue weighted by molar-refractivity contribution is -0.117. The molecule has 9 heteroatoms. The van der Waals surface area contributed by atoms with Gasteiger partial charge in [0.25, 0.3) is 5.91 Å². The lowest BCUT2D eigenvalue weighted by atomic mass is 10.1. The first-order chi connectivity index (χ1) is 14.3. The van der Waals surface area contributed by atoms with Crippen LogP contribution in [0.2, 0.25) is 5.02 Å². The van der Waals surface area contributed by atoms with E-state index in [4.69, 9.17) is 11.6 Å². The molecule has 2 aromatic carbocycles. The predicted octanol–water partition coefficient (Wildman–Crippen LogP) is 3.36. The van der Waals surface area contributed by atoms with Gasteiger partial charge < -0.3 is 4.90 Å². The topological polar surface area (TPSA) is 66.8 Å². The van der Waals surface area contributed by atoms with Crippen LogP contribution in [0.1, 0.15) is 11.1 Å². The molecule has 2 aliphatic heterocycles. The quantitative estimate of drug-likeness (QED) is 0.676. The van der Waals surface area contributed by atoms with Crippen molar-refractivity contribution in [1.82, 2.24) is 4.90 Å². The first kappa shape index (κ1) is 21.3. The van der Waals surface area contributed by atoms with Gasteiger partial charge in [-0.2, -0.15) is 4.99 Å². The number of thioether (sulfide) groups is 1. The lowest BCUT2D eigenvalue weighted by Gasteiger charge is -2.24. The Balaban J connectivity index is 1.52. The van der Waals surface area contributed by atoms with Crippen molar-refractivity contribution in [2.24, 2.45) is 4.99 Å². The van der Waals surface area contributed by atoms with Crippen molar-refractivity contribution in [2.45, 2.75) is 24.1 Å². The van der Waals surface area contributed by atoms with Crippen molar-refractivity contribution in [3.05, 3.63) is 70.5 Å². The smallest absolute Gasteiger partial charge is 0.252 e. The zero-order valence-corrected chi connectivity index (χ0v) is 18.4. The summed E-state index contributed by atoms with van der Waals surface area (Å²) < 4.78 is 37.4. The number of benzene rings is 2. The lowest BCUT2D eigenvalue weighted by Crippen LogP contribution is -2.39. The van der Waals surface area contributed by atoms with E-state index in [0.29, 0.717) is 28.7 Å². The second-order valence-electron chi connectivity index (χ2n) is 7.43. The molecule has 2 atom stereocenters. The number of rotatable bonds is 5. The van der Waals surface area contributed by atoms with Gasteiger partial charge in [0.2, 0.25) is 0 Å². The minimum Gasteiger partial charge on any atom is -0.346 e. The Morgan fingerprint density at radius 2 is 1.90 bits per heavy atom. The third kappa shape index (κ3) is 4.87. The SMILES string of the molecule is O=C(Cc1ccccc1Cl)N=C1S[C@H]2CS(=O)(=O)C[C@@H]2N1CCc1ccc(F)cc1. The maximum atomic E-state index is 13.2. The van der Waals surface area contributed by atoms with Crippen LogP contribution < -0.4 is 0 Å². The minimum atomic E-state index is -3.10. The summed E-state index contributed by atoms with van der Waals surface area (Å²) in [5, 5.41) is 0.940. The van der Waals surface area contributed by atoms with Crippen molar-refractivity contribution in [2.75, 3.05) is 18.1 Å². The van der Waals surface area contributed by atoms with Gasteiger partial charge in [-0.25, -0.2) is 12.8 Å². The fraction of sp³-hybridized carbons (Fsp3) is 0.333. The zero-order valence-electron chi connectivity index (χ0n) is 16.0. The number of aliphatic imine (C=N–C) groups is 1. The van der Waals surface area contributed by atoms with E-state index in [1.807, 2.05) is 11.0 Å². The van der Waals surface area contributed by atoms with Crippen LogP contribution in [-0.4, -0.2) is 53.7 Å². The first-order valence-corrected chi connectivity index (χ1v) is 12.6. The van der Waals surface area contributed by atoms with E-state index in [-0.39, 0.29) is 40.9 Å². The van der Waals surface area contributed by atoms with Crippen LogP contribution in [0.3, 0.4) is 0 Å². The molecule has 0 spiro atoms. The highest BCUT2D eigenvalue weighted by molar-refractivity contribution is 8.15. The van der Waals surface area contributed by atoms with Gasteiger partial charge in [-0.1, -0.05) is 53.7 Å². The molecule has 0 saturated carbocycles. The zero-order chi connectivity index (χ0) is 21.3. The van der Waals surface area contributed by atoms with Crippen molar-refractivity contribution in [3.63, 3.8) is 0 Å². The molecule has 0 N–H and O–H groups in total. The van der Waals surface area contributed by atoms with Crippen LogP contribution in [0.25, 0.3) is 0 Å². The van der Waals surface area contributed by atoms with Crippen molar-refractivity contribution in [1.29, 1.82) is 0 Å². The Morgan fingerprint density at radius 3 is 2.63 bits per heavy atom. The van der Waals surface area contributed by atoms with E-state index in [9.17, 15) is 17.6 Å². The van der Waals surface area contributed by atoms with E-state index >= 15 is 0 Å². The summed E-state index contributed by atoms with van der Waals surface area (Å²) in [7, 11) is -3.10. The Bertz CT molecular complexity index is 1090. The summed E-state index contributed by atoms with van der Waals surface area (Å²) in [6.07, 6.45) is 0.686. The largest absolute Gasteiger partial charge is 0.346 e. The number of halogens is 2. The molecule has 0 bridgehead atoms. The van der Waals surface area contributed by atoms with Crippen molar-refractivity contribution in [3.8, 4) is 0 Å². The van der Waals surface area contributed by atoms with Crippen LogP contribution >= 0.6 is 23.4 Å². The molecule has 2 aromatic rings. The number of sulfone groups is 1. The fourth-order valence-electron chi connectivity index (χ4n) is 3.75. The number of amides is 1. The number of amidine groups is 1. The van der Waals surface area contributed by atoms with Crippen LogP contribution in [0.15, 0.2) is 53.5 Å². The Hall–Kier alpha value is -1.90. The highest BCUT2D eigenvalue weighted by atomic mass is 35.5. The van der Waals surface area contributed by atoms with Gasteiger partial charge in [0.1, 0.15) is 5.82 Å². The first-order valence-electron chi connectivity index (χ1n) is 9.54. The third-order valence-electron chi connectivity index (χ3n) is 5.25. The monoisotopic (exact) mass is 466 g/mol. The van der Waals surface area contributed by atoms with Crippen LogP contribution in [0, 0.1) is 5.82 Å². The Labute approximate surface area is 184 Å². The van der Waals surface area contributed by atoms with Gasteiger partial charge in [-0.3, -0.25) is 4.79 Å². The van der Waals surface area contributed by atoms with Gasteiger partial charge in [0.15, 0.2) is 15.0 Å². The van der Waals surface area contributed by atoms with Crippen molar-refractivity contribution < 1.29 is 17.6 Å². The second-order valence-corrected chi connectivity index (χ2v) is 11.2. The average Bonchev–Trinajstić information content (AvgIpc) is 3.14. The average molecular weight is 467 g/mol. The normalized spacial score (nSPS) is 23.7. The molecule has 0 aromatic heterocycles. The Morgan fingerprint density at radius 1 is 1.17 bits per heavy atom. The molecular formula is C21H20ClFN2O3S2. The maximum absolute atomic E-state index is 13.2. The summed E-state index contributed by atoms with van der Waals surface area (Å²) >= 11 is 7.50. The molecule has 158 valence electrons. The van der Waals surface area contributed by atoms with Crippen LogP contribution in [0.5, 0.6) is 0 Å². The molecule has 5 nitrogen and oxygen atoms in total. The highest BCUT2D eigenvalue weighted by Gasteiger charge is 2.48. The molecule has 4 rings (SSSR count). The minimum absolute atomic E-state index is 0.0613.